The minimum Gasteiger partial charge on any atom is -0.468 e. The minimum atomic E-state index is -4.42. The molecular formula is C24H19F5N2O. The zero-order valence-corrected chi connectivity index (χ0v) is 16.9. The van der Waals surface area contributed by atoms with Crippen LogP contribution in [0.5, 0.6) is 0 Å². The van der Waals surface area contributed by atoms with Gasteiger partial charge in [-0.2, -0.15) is 13.2 Å². The van der Waals surface area contributed by atoms with E-state index in [1.165, 1.54) is 30.5 Å². The quantitative estimate of drug-likeness (QED) is 0.479. The lowest BCUT2D eigenvalue weighted by Crippen LogP contribution is -2.16. The number of halogens is 5. The molecule has 2 heterocycles. The molecule has 2 aliphatic rings. The van der Waals surface area contributed by atoms with E-state index in [0.717, 1.165) is 16.7 Å². The molecular weight excluding hydrogens is 427 g/mol. The molecule has 0 N–H and O–H groups in total. The standard InChI is InChI=1S/C24H19F5N2O/c25-18-2-1-3-19(26)23(18)21-10-9-20(31-21)17-6-4-15(5-7-17)16-8-11-22(30-13-12-16)32-14-24(27,28)29/h1-8,11,13,20H,9-10,12,14H2. The van der Waals surface area contributed by atoms with Crippen LogP contribution in [0.25, 0.3) is 5.57 Å². The third-order valence-corrected chi connectivity index (χ3v) is 5.22. The topological polar surface area (TPSA) is 34.0 Å². The van der Waals surface area contributed by atoms with Gasteiger partial charge < -0.3 is 4.74 Å². The zero-order valence-electron chi connectivity index (χ0n) is 16.9. The summed E-state index contributed by atoms with van der Waals surface area (Å²) in [6.45, 7) is -1.39. The maximum Gasteiger partial charge on any atom is 0.422 e. The molecule has 0 spiro atoms. The fraction of sp³-hybridized carbons (Fsp3) is 0.250. The second-order valence-electron chi connectivity index (χ2n) is 7.47. The Hall–Kier alpha value is -3.29. The molecule has 1 unspecified atom stereocenters. The Balaban J connectivity index is 1.48. The van der Waals surface area contributed by atoms with Gasteiger partial charge in [0.05, 0.1) is 11.6 Å². The van der Waals surface area contributed by atoms with Gasteiger partial charge in [0.2, 0.25) is 5.88 Å². The Morgan fingerprint density at radius 3 is 2.38 bits per heavy atom. The molecule has 0 bridgehead atoms. The number of alkyl halides is 3. The van der Waals surface area contributed by atoms with E-state index in [-0.39, 0.29) is 17.5 Å². The van der Waals surface area contributed by atoms with Crippen molar-refractivity contribution in [2.45, 2.75) is 31.5 Å². The smallest absolute Gasteiger partial charge is 0.422 e. The number of rotatable bonds is 5. The van der Waals surface area contributed by atoms with Gasteiger partial charge in [-0.25, -0.2) is 13.8 Å². The van der Waals surface area contributed by atoms with E-state index >= 15 is 0 Å². The summed E-state index contributed by atoms with van der Waals surface area (Å²) in [6, 6.07) is 11.2. The summed E-state index contributed by atoms with van der Waals surface area (Å²) in [7, 11) is 0. The summed E-state index contributed by atoms with van der Waals surface area (Å²) in [6.07, 6.45) is 1.75. The monoisotopic (exact) mass is 446 g/mol. The van der Waals surface area contributed by atoms with Crippen molar-refractivity contribution in [2.24, 2.45) is 9.98 Å². The number of aliphatic imine (C=N–C) groups is 2. The highest BCUT2D eigenvalue weighted by Gasteiger charge is 2.29. The fourth-order valence-electron chi connectivity index (χ4n) is 3.69. The molecule has 0 amide bonds. The van der Waals surface area contributed by atoms with Gasteiger partial charge in [0.25, 0.3) is 0 Å². The van der Waals surface area contributed by atoms with Gasteiger partial charge >= 0.3 is 6.18 Å². The van der Waals surface area contributed by atoms with Crippen LogP contribution in [0.4, 0.5) is 22.0 Å². The van der Waals surface area contributed by atoms with Crippen LogP contribution < -0.4 is 0 Å². The van der Waals surface area contributed by atoms with Gasteiger partial charge in [-0.1, -0.05) is 36.4 Å². The van der Waals surface area contributed by atoms with Crippen LogP contribution in [0.1, 0.15) is 42.0 Å². The predicted octanol–water partition coefficient (Wildman–Crippen LogP) is 6.57. The van der Waals surface area contributed by atoms with Gasteiger partial charge in [0.1, 0.15) is 11.6 Å². The van der Waals surface area contributed by atoms with Crippen LogP contribution in [0.15, 0.2) is 70.5 Å². The van der Waals surface area contributed by atoms with Gasteiger partial charge in [-0.15, -0.1) is 0 Å². The van der Waals surface area contributed by atoms with Crippen LogP contribution in [0.2, 0.25) is 0 Å². The third kappa shape index (κ3) is 5.12. The van der Waals surface area contributed by atoms with Crippen LogP contribution >= 0.6 is 0 Å². The van der Waals surface area contributed by atoms with E-state index < -0.39 is 24.4 Å². The van der Waals surface area contributed by atoms with Gasteiger partial charge in [-0.3, -0.25) is 4.99 Å². The number of ether oxygens (including phenoxy) is 1. The maximum atomic E-state index is 14.1. The van der Waals surface area contributed by atoms with Gasteiger partial charge in [0.15, 0.2) is 6.61 Å². The maximum absolute atomic E-state index is 14.1. The first-order valence-electron chi connectivity index (χ1n) is 10.0. The molecule has 0 saturated carbocycles. The Kier molecular flexibility index (Phi) is 6.21. The lowest BCUT2D eigenvalue weighted by atomic mass is 9.98. The Labute approximate surface area is 181 Å². The van der Waals surface area contributed by atoms with Gasteiger partial charge in [-0.05, 0) is 41.7 Å². The molecule has 166 valence electrons. The molecule has 4 rings (SSSR count). The summed E-state index contributed by atoms with van der Waals surface area (Å²) in [4.78, 5) is 8.46. The second-order valence-corrected chi connectivity index (χ2v) is 7.47. The van der Waals surface area contributed by atoms with E-state index in [2.05, 4.69) is 14.7 Å². The first kappa shape index (κ1) is 21.9. The first-order valence-corrected chi connectivity index (χ1v) is 10.0. The molecule has 1 atom stereocenters. The Morgan fingerprint density at radius 1 is 0.969 bits per heavy atom. The molecule has 3 nitrogen and oxygen atoms in total. The number of allylic oxidation sites excluding steroid dienone is 3. The summed E-state index contributed by atoms with van der Waals surface area (Å²) in [5.74, 6) is -1.33. The van der Waals surface area contributed by atoms with E-state index in [0.29, 0.717) is 25.0 Å². The van der Waals surface area contributed by atoms with Crippen molar-refractivity contribution < 1.29 is 26.7 Å². The number of benzene rings is 2. The molecule has 0 aromatic heterocycles. The molecule has 0 saturated heterocycles. The average Bonchev–Trinajstić information content (AvgIpc) is 3.10. The summed E-state index contributed by atoms with van der Waals surface area (Å²) in [5.41, 5.74) is 3.04. The highest BCUT2D eigenvalue weighted by atomic mass is 19.4. The minimum absolute atomic E-state index is 0.0650. The highest BCUT2D eigenvalue weighted by Crippen LogP contribution is 2.33. The number of hydrogen-bond donors (Lipinski definition) is 0. The molecule has 8 heteroatoms. The van der Waals surface area contributed by atoms with Crippen molar-refractivity contribution >= 4 is 17.5 Å². The largest absolute Gasteiger partial charge is 0.468 e. The summed E-state index contributed by atoms with van der Waals surface area (Å²) in [5, 5.41) is 0. The fourth-order valence-corrected chi connectivity index (χ4v) is 3.69. The highest BCUT2D eigenvalue weighted by molar-refractivity contribution is 6.02. The van der Waals surface area contributed by atoms with Crippen LogP contribution in [-0.2, 0) is 4.74 Å². The predicted molar refractivity (Wildman–Crippen MR) is 112 cm³/mol. The molecule has 0 fully saturated rings. The van der Waals surface area contributed by atoms with E-state index in [1.54, 1.807) is 6.08 Å². The van der Waals surface area contributed by atoms with Crippen molar-refractivity contribution in [1.29, 1.82) is 0 Å². The Morgan fingerprint density at radius 2 is 1.69 bits per heavy atom. The summed E-state index contributed by atoms with van der Waals surface area (Å²) < 4.78 is 69.7. The SMILES string of the molecule is Fc1cccc(F)c1C1=NC(c2ccc(C3=CC=C(OCC(F)(F)F)N=CC3)cc2)CC1. The van der Waals surface area contributed by atoms with Crippen molar-refractivity contribution in [3.63, 3.8) is 0 Å². The van der Waals surface area contributed by atoms with E-state index in [4.69, 9.17) is 0 Å². The molecule has 0 radical (unpaired) electrons. The third-order valence-electron chi connectivity index (χ3n) is 5.22. The van der Waals surface area contributed by atoms with E-state index in [9.17, 15) is 22.0 Å². The lowest BCUT2D eigenvalue weighted by molar-refractivity contribution is -0.164. The average molecular weight is 446 g/mol. The molecule has 2 aromatic carbocycles. The van der Waals surface area contributed by atoms with Crippen LogP contribution in [0.3, 0.4) is 0 Å². The van der Waals surface area contributed by atoms with Crippen molar-refractivity contribution in [3.05, 3.63) is 88.8 Å². The molecule has 2 aromatic rings. The van der Waals surface area contributed by atoms with Crippen molar-refractivity contribution in [3.8, 4) is 0 Å². The molecule has 32 heavy (non-hydrogen) atoms. The van der Waals surface area contributed by atoms with Crippen molar-refractivity contribution in [2.75, 3.05) is 6.61 Å². The van der Waals surface area contributed by atoms with Gasteiger partial charge in [0, 0.05) is 24.4 Å². The molecule has 2 aliphatic heterocycles. The van der Waals surface area contributed by atoms with Crippen LogP contribution in [0, 0.1) is 11.6 Å². The molecule has 0 aliphatic carbocycles. The van der Waals surface area contributed by atoms with Crippen LogP contribution in [-0.4, -0.2) is 24.7 Å². The number of hydrogen-bond acceptors (Lipinski definition) is 3. The zero-order chi connectivity index (χ0) is 22.7. The lowest BCUT2D eigenvalue weighted by Gasteiger charge is -2.09. The Bertz CT molecular complexity index is 1090. The second kappa shape index (κ2) is 9.06. The first-order chi connectivity index (χ1) is 15.3. The summed E-state index contributed by atoms with van der Waals surface area (Å²) >= 11 is 0. The van der Waals surface area contributed by atoms with Crippen molar-refractivity contribution in [1.82, 2.24) is 0 Å². The normalized spacial score (nSPS) is 18.7. The van der Waals surface area contributed by atoms with E-state index in [1.807, 2.05) is 24.3 Å². The number of nitrogens with zero attached hydrogens (tertiary/aromatic N) is 2.